The van der Waals surface area contributed by atoms with Gasteiger partial charge in [0.05, 0.1) is 24.7 Å². The maximum Gasteiger partial charge on any atom is 0.314 e. The molecule has 2 rings (SSSR count). The summed E-state index contributed by atoms with van der Waals surface area (Å²) >= 11 is 6.12. The molecule has 104 valence electrons. The SMILES string of the molecule is COc1c(Cl)cc(C)c(C2(C(=O)O)CCC2)c1OC. The number of hydrogen-bond donors (Lipinski definition) is 1. The second kappa shape index (κ2) is 4.93. The van der Waals surface area contributed by atoms with Gasteiger partial charge in [0.1, 0.15) is 0 Å². The fraction of sp³-hybridized carbons (Fsp3) is 0.500. The third-order valence-corrected chi connectivity index (χ3v) is 4.17. The van der Waals surface area contributed by atoms with Crippen LogP contribution in [0.5, 0.6) is 11.5 Å². The first-order valence-electron chi connectivity index (χ1n) is 6.13. The predicted octanol–water partition coefficient (Wildman–Crippen LogP) is 3.17. The van der Waals surface area contributed by atoms with E-state index in [0.717, 1.165) is 12.0 Å². The number of carboxylic acids is 1. The summed E-state index contributed by atoms with van der Waals surface area (Å²) in [4.78, 5) is 11.7. The van der Waals surface area contributed by atoms with Gasteiger partial charge in [0.2, 0.25) is 0 Å². The van der Waals surface area contributed by atoms with Crippen LogP contribution in [-0.4, -0.2) is 25.3 Å². The third kappa shape index (κ3) is 1.94. The van der Waals surface area contributed by atoms with Crippen LogP contribution in [0.25, 0.3) is 0 Å². The molecule has 1 N–H and O–H groups in total. The van der Waals surface area contributed by atoms with Gasteiger partial charge in [0, 0.05) is 5.56 Å². The van der Waals surface area contributed by atoms with Crippen molar-refractivity contribution in [1.82, 2.24) is 0 Å². The van der Waals surface area contributed by atoms with Crippen molar-refractivity contribution in [3.8, 4) is 11.5 Å². The minimum absolute atomic E-state index is 0.400. The summed E-state index contributed by atoms with van der Waals surface area (Å²) in [6.45, 7) is 1.85. The van der Waals surface area contributed by atoms with Gasteiger partial charge in [0.15, 0.2) is 11.5 Å². The number of ether oxygens (including phenoxy) is 2. The van der Waals surface area contributed by atoms with Crippen LogP contribution in [-0.2, 0) is 10.2 Å². The Balaban J connectivity index is 2.72. The molecule has 0 bridgehead atoms. The van der Waals surface area contributed by atoms with Crippen molar-refractivity contribution in [2.24, 2.45) is 0 Å². The number of aliphatic carboxylic acids is 1. The van der Waals surface area contributed by atoms with E-state index < -0.39 is 11.4 Å². The molecular weight excluding hydrogens is 268 g/mol. The molecule has 1 saturated carbocycles. The van der Waals surface area contributed by atoms with E-state index in [1.807, 2.05) is 6.92 Å². The minimum Gasteiger partial charge on any atom is -0.492 e. The monoisotopic (exact) mass is 284 g/mol. The van der Waals surface area contributed by atoms with Crippen molar-refractivity contribution >= 4 is 17.6 Å². The minimum atomic E-state index is -0.868. The summed E-state index contributed by atoms with van der Waals surface area (Å²) in [6.07, 6.45) is 2.13. The van der Waals surface area contributed by atoms with Crippen LogP contribution in [0.1, 0.15) is 30.4 Å². The predicted molar refractivity (Wildman–Crippen MR) is 72.5 cm³/mol. The first kappa shape index (κ1) is 14.0. The standard InChI is InChI=1S/C14H17ClO4/c1-8-7-9(15)11(18-2)12(19-3)10(8)14(13(16)17)5-4-6-14/h7H,4-6H2,1-3H3,(H,16,17). The Morgan fingerprint density at radius 3 is 2.26 bits per heavy atom. The molecule has 5 heteroatoms. The van der Waals surface area contributed by atoms with Gasteiger partial charge in [-0.3, -0.25) is 4.79 Å². The van der Waals surface area contributed by atoms with Gasteiger partial charge in [-0.25, -0.2) is 0 Å². The van der Waals surface area contributed by atoms with Crippen molar-refractivity contribution in [1.29, 1.82) is 0 Å². The molecule has 0 heterocycles. The Morgan fingerprint density at radius 1 is 1.32 bits per heavy atom. The molecule has 0 spiro atoms. The Hall–Kier alpha value is -1.42. The number of benzene rings is 1. The van der Waals surface area contributed by atoms with Crippen molar-refractivity contribution in [3.05, 3.63) is 22.2 Å². The third-order valence-electron chi connectivity index (χ3n) is 3.89. The largest absolute Gasteiger partial charge is 0.492 e. The number of halogens is 1. The molecule has 1 aromatic carbocycles. The van der Waals surface area contributed by atoms with Crippen LogP contribution >= 0.6 is 11.6 Å². The first-order valence-corrected chi connectivity index (χ1v) is 6.50. The maximum atomic E-state index is 11.7. The van der Waals surface area contributed by atoms with Crippen LogP contribution < -0.4 is 9.47 Å². The fourth-order valence-electron chi connectivity index (χ4n) is 2.81. The van der Waals surface area contributed by atoms with Crippen molar-refractivity contribution in [3.63, 3.8) is 0 Å². The highest BCUT2D eigenvalue weighted by molar-refractivity contribution is 6.32. The molecule has 19 heavy (non-hydrogen) atoms. The number of aryl methyl sites for hydroxylation is 1. The van der Waals surface area contributed by atoms with Gasteiger partial charge in [-0.05, 0) is 31.4 Å². The molecular formula is C14H17ClO4. The van der Waals surface area contributed by atoms with Gasteiger partial charge in [-0.15, -0.1) is 0 Å². The van der Waals surface area contributed by atoms with Crippen LogP contribution in [0.15, 0.2) is 6.07 Å². The van der Waals surface area contributed by atoms with E-state index in [-0.39, 0.29) is 0 Å². The highest BCUT2D eigenvalue weighted by Gasteiger charge is 2.49. The zero-order valence-electron chi connectivity index (χ0n) is 11.2. The van der Waals surface area contributed by atoms with Crippen LogP contribution in [0, 0.1) is 6.92 Å². The summed E-state index contributed by atoms with van der Waals surface area (Å²) < 4.78 is 10.6. The molecule has 0 radical (unpaired) electrons. The molecule has 0 aromatic heterocycles. The van der Waals surface area contributed by atoms with Gasteiger partial charge in [0.25, 0.3) is 0 Å². The Bertz CT molecular complexity index is 521. The van der Waals surface area contributed by atoms with E-state index in [1.54, 1.807) is 6.07 Å². The van der Waals surface area contributed by atoms with E-state index >= 15 is 0 Å². The van der Waals surface area contributed by atoms with E-state index in [0.29, 0.717) is 34.9 Å². The second-order valence-electron chi connectivity index (χ2n) is 4.86. The lowest BCUT2D eigenvalue weighted by molar-refractivity contribution is -0.147. The van der Waals surface area contributed by atoms with E-state index in [9.17, 15) is 9.90 Å². The summed E-state index contributed by atoms with van der Waals surface area (Å²) in [5.74, 6) is 0.0245. The summed E-state index contributed by atoms with van der Waals surface area (Å²) in [5, 5.41) is 10.0. The number of carboxylic acid groups (broad SMARTS) is 1. The van der Waals surface area contributed by atoms with Crippen molar-refractivity contribution < 1.29 is 19.4 Å². The molecule has 4 nitrogen and oxygen atoms in total. The van der Waals surface area contributed by atoms with Crippen LogP contribution in [0.4, 0.5) is 0 Å². The lowest BCUT2D eigenvalue weighted by atomic mass is 9.63. The molecule has 1 fully saturated rings. The molecule has 0 amide bonds. The van der Waals surface area contributed by atoms with Gasteiger partial charge < -0.3 is 14.6 Å². The highest BCUT2D eigenvalue weighted by atomic mass is 35.5. The maximum absolute atomic E-state index is 11.7. The molecule has 1 aromatic rings. The first-order chi connectivity index (χ1) is 8.97. The Labute approximate surface area is 117 Å². The topological polar surface area (TPSA) is 55.8 Å². The average molecular weight is 285 g/mol. The molecule has 1 aliphatic carbocycles. The molecule has 0 unspecified atom stereocenters. The Kier molecular flexibility index (Phi) is 3.63. The molecule has 1 aliphatic rings. The fourth-order valence-corrected chi connectivity index (χ4v) is 3.14. The van der Waals surface area contributed by atoms with E-state index in [4.69, 9.17) is 21.1 Å². The van der Waals surface area contributed by atoms with Gasteiger partial charge >= 0.3 is 5.97 Å². The summed E-state index contributed by atoms with van der Waals surface area (Å²) in [6, 6.07) is 1.74. The number of methoxy groups -OCH3 is 2. The highest BCUT2D eigenvalue weighted by Crippen LogP contribution is 2.52. The Morgan fingerprint density at radius 2 is 1.89 bits per heavy atom. The number of carbonyl (C=O) groups is 1. The number of hydrogen-bond acceptors (Lipinski definition) is 3. The van der Waals surface area contributed by atoms with Crippen molar-refractivity contribution in [2.45, 2.75) is 31.6 Å². The second-order valence-corrected chi connectivity index (χ2v) is 5.26. The smallest absolute Gasteiger partial charge is 0.314 e. The quantitative estimate of drug-likeness (QED) is 0.923. The normalized spacial score (nSPS) is 16.6. The zero-order valence-corrected chi connectivity index (χ0v) is 12.0. The molecule has 0 saturated heterocycles. The van der Waals surface area contributed by atoms with Gasteiger partial charge in [-0.2, -0.15) is 0 Å². The average Bonchev–Trinajstić information content (AvgIpc) is 2.29. The lowest BCUT2D eigenvalue weighted by Crippen LogP contribution is -2.43. The molecule has 0 aliphatic heterocycles. The zero-order chi connectivity index (χ0) is 14.2. The lowest BCUT2D eigenvalue weighted by Gasteiger charge is -2.40. The molecule has 0 atom stereocenters. The van der Waals surface area contributed by atoms with E-state index in [1.165, 1.54) is 14.2 Å². The van der Waals surface area contributed by atoms with Crippen LogP contribution in [0.2, 0.25) is 5.02 Å². The number of rotatable bonds is 4. The summed E-state index contributed by atoms with van der Waals surface area (Å²) in [5.41, 5.74) is 0.646. The van der Waals surface area contributed by atoms with Gasteiger partial charge in [-0.1, -0.05) is 18.0 Å². The van der Waals surface area contributed by atoms with Crippen molar-refractivity contribution in [2.75, 3.05) is 14.2 Å². The van der Waals surface area contributed by atoms with Crippen LogP contribution in [0.3, 0.4) is 0 Å². The summed E-state index contributed by atoms with van der Waals surface area (Å²) in [7, 11) is 3.00. The van der Waals surface area contributed by atoms with E-state index in [2.05, 4.69) is 0 Å².